The second kappa shape index (κ2) is 8.67. The number of benzene rings is 2. The molecule has 0 spiro atoms. The Hall–Kier alpha value is -3.19. The summed E-state index contributed by atoms with van der Waals surface area (Å²) in [5.41, 5.74) is 2.10. The van der Waals surface area contributed by atoms with Crippen LogP contribution in [0.5, 0.6) is 0 Å². The second-order valence-corrected chi connectivity index (χ2v) is 7.95. The Morgan fingerprint density at radius 1 is 1.10 bits per heavy atom. The molecule has 7 heteroatoms. The molecule has 30 heavy (non-hydrogen) atoms. The Morgan fingerprint density at radius 2 is 1.73 bits per heavy atom. The summed E-state index contributed by atoms with van der Waals surface area (Å²) in [5.74, 6) is -0.900. The molecule has 1 aliphatic heterocycles. The number of nitrogens with zero attached hydrogens (tertiary/aromatic N) is 1. The van der Waals surface area contributed by atoms with Crippen molar-refractivity contribution in [3.8, 4) is 0 Å². The van der Waals surface area contributed by atoms with Crippen molar-refractivity contribution in [2.45, 2.75) is 45.9 Å². The molecular weight excluding hydrogens is 384 g/mol. The van der Waals surface area contributed by atoms with E-state index in [0.29, 0.717) is 12.1 Å². The minimum Gasteiger partial charge on any atom is -0.445 e. The van der Waals surface area contributed by atoms with E-state index >= 15 is 0 Å². The number of carbonyl (C=O) groups is 3. The summed E-state index contributed by atoms with van der Waals surface area (Å²) in [4.78, 5) is 38.5. The molecule has 0 aromatic heterocycles. The molecule has 2 aromatic rings. The van der Waals surface area contributed by atoms with Crippen LogP contribution in [0.3, 0.4) is 0 Å². The average Bonchev–Trinajstić information content (AvgIpc) is 3.03. The monoisotopic (exact) mass is 411 g/mol. The first-order valence-corrected chi connectivity index (χ1v) is 10.0. The van der Waals surface area contributed by atoms with Gasteiger partial charge in [0.05, 0.1) is 0 Å². The third kappa shape index (κ3) is 3.80. The summed E-state index contributed by atoms with van der Waals surface area (Å²) < 4.78 is 4.42. The molecule has 2 aromatic carbocycles. The molecular formula is C23H27N2O5+. The van der Waals surface area contributed by atoms with Gasteiger partial charge in [0.2, 0.25) is 0 Å². The lowest BCUT2D eigenvalue weighted by Gasteiger charge is -2.34. The highest BCUT2D eigenvalue weighted by atomic mass is 16.5. The van der Waals surface area contributed by atoms with E-state index in [4.69, 9.17) is 4.74 Å². The van der Waals surface area contributed by atoms with Crippen LogP contribution in [0.4, 0.5) is 15.3 Å². The summed E-state index contributed by atoms with van der Waals surface area (Å²) in [6.45, 7) is 5.34. The smallest absolute Gasteiger partial charge is 0.445 e. The average molecular weight is 411 g/mol. The van der Waals surface area contributed by atoms with Gasteiger partial charge in [0.25, 0.3) is 0 Å². The molecule has 2 N–H and O–H groups in total. The largest absolute Gasteiger partial charge is 0.526 e. The highest BCUT2D eigenvalue weighted by Gasteiger charge is 2.59. The molecule has 7 nitrogen and oxygen atoms in total. The van der Waals surface area contributed by atoms with Gasteiger partial charge in [-0.05, 0) is 18.4 Å². The zero-order chi connectivity index (χ0) is 21.9. The van der Waals surface area contributed by atoms with Crippen molar-refractivity contribution in [3.05, 3.63) is 65.7 Å². The van der Waals surface area contributed by atoms with Gasteiger partial charge in [0.1, 0.15) is 12.6 Å². The lowest BCUT2D eigenvalue weighted by atomic mass is 10.0. The maximum absolute atomic E-state index is 13.7. The van der Waals surface area contributed by atoms with Crippen LogP contribution in [0, 0.1) is 5.92 Å². The number of imide groups is 1. The minimum atomic E-state index is -1.25. The van der Waals surface area contributed by atoms with Gasteiger partial charge in [-0.1, -0.05) is 62.4 Å². The number of carboxylic acid groups (broad SMARTS) is 1. The highest BCUT2D eigenvalue weighted by molar-refractivity contribution is 6.10. The quantitative estimate of drug-likeness (QED) is 0.723. The summed E-state index contributed by atoms with van der Waals surface area (Å²) in [5, 5.41) is 12.8. The molecule has 0 fully saturated rings. The van der Waals surface area contributed by atoms with Gasteiger partial charge < -0.3 is 15.2 Å². The summed E-state index contributed by atoms with van der Waals surface area (Å²) in [6, 6.07) is 14.8. The van der Waals surface area contributed by atoms with E-state index in [1.54, 1.807) is 32.9 Å². The maximum Gasteiger partial charge on any atom is 0.526 e. The van der Waals surface area contributed by atoms with E-state index in [-0.39, 0.29) is 12.5 Å². The molecule has 3 amide bonds. The Kier molecular flexibility index (Phi) is 6.22. The van der Waals surface area contributed by atoms with Crippen LogP contribution in [0.1, 0.15) is 31.9 Å². The van der Waals surface area contributed by atoms with Gasteiger partial charge in [0.15, 0.2) is 11.7 Å². The lowest BCUT2D eigenvalue weighted by molar-refractivity contribution is -0.132. The molecule has 3 atom stereocenters. The van der Waals surface area contributed by atoms with Gasteiger partial charge in [0, 0.05) is 18.1 Å². The molecule has 1 heterocycles. The normalized spacial score (nSPS) is 21.0. The van der Waals surface area contributed by atoms with Crippen molar-refractivity contribution in [3.63, 3.8) is 0 Å². The first-order chi connectivity index (χ1) is 14.3. The van der Waals surface area contributed by atoms with Crippen LogP contribution < -0.4 is 9.80 Å². The topological polar surface area (TPSA) is 92.7 Å². The van der Waals surface area contributed by atoms with E-state index < -0.39 is 34.7 Å². The number of rotatable bonds is 5. The number of nitrogens with one attached hydrogen (secondary N) is 1. The van der Waals surface area contributed by atoms with Crippen molar-refractivity contribution in [1.82, 2.24) is 9.80 Å². The Labute approximate surface area is 175 Å². The number of carbonyl (C=O) groups excluding carboxylic acids is 2. The number of hydrogen-bond acceptors (Lipinski definition) is 4. The zero-order valence-corrected chi connectivity index (χ0v) is 17.4. The van der Waals surface area contributed by atoms with E-state index in [1.165, 1.54) is 0 Å². The first-order valence-electron chi connectivity index (χ1n) is 10.0. The molecule has 158 valence electrons. The van der Waals surface area contributed by atoms with Gasteiger partial charge in [-0.3, -0.25) is 0 Å². The zero-order valence-electron chi connectivity index (χ0n) is 17.4. The summed E-state index contributed by atoms with van der Waals surface area (Å²) >= 11 is 0. The van der Waals surface area contributed by atoms with Crippen molar-refractivity contribution in [1.29, 1.82) is 0 Å². The van der Waals surface area contributed by atoms with Gasteiger partial charge in [-0.2, -0.15) is 4.79 Å². The van der Waals surface area contributed by atoms with Crippen LogP contribution >= 0.6 is 0 Å². The van der Waals surface area contributed by atoms with Crippen LogP contribution in [0.25, 0.3) is 0 Å². The predicted molar refractivity (Wildman–Crippen MR) is 113 cm³/mol. The standard InChI is InChI=1S/C23H26N2O5/c1-15(2)20(24-22(27)30-14-17-9-5-4-6-10-17)21(26)25(23(28)29)16(3)13-18-11-7-8-12-19(18)25/h4-12,15-16,20H,13-14H2,1-3H3,(H-,24,27,28,29)/p+1/t16?,20-,25-/m0/s1. The molecule has 0 saturated carbocycles. The van der Waals surface area contributed by atoms with Crippen LogP contribution in [0.15, 0.2) is 54.6 Å². The molecule has 1 unspecified atom stereocenters. The number of hydrogen-bond donors (Lipinski definition) is 2. The molecule has 3 rings (SSSR count). The third-order valence-corrected chi connectivity index (χ3v) is 5.62. The predicted octanol–water partition coefficient (Wildman–Crippen LogP) is 4.09. The third-order valence-electron chi connectivity index (χ3n) is 5.62. The van der Waals surface area contributed by atoms with Gasteiger partial charge >= 0.3 is 18.1 Å². The fourth-order valence-corrected chi connectivity index (χ4v) is 4.07. The number of ether oxygens (including phenoxy) is 1. The molecule has 1 aliphatic rings. The lowest BCUT2D eigenvalue weighted by Crippen LogP contribution is -2.67. The summed E-state index contributed by atoms with van der Waals surface area (Å²) in [7, 11) is 0. The fraction of sp³-hybridized carbons (Fsp3) is 0.348. The molecule has 0 aliphatic carbocycles. The summed E-state index contributed by atoms with van der Waals surface area (Å²) in [6.07, 6.45) is -1.53. The van der Waals surface area contributed by atoms with E-state index in [1.807, 2.05) is 42.5 Å². The van der Waals surface area contributed by atoms with Crippen LogP contribution in [0.2, 0.25) is 0 Å². The number of fused-ring (bicyclic) bond motifs is 1. The Morgan fingerprint density at radius 3 is 2.37 bits per heavy atom. The number of quaternary nitrogens is 1. The fourth-order valence-electron chi connectivity index (χ4n) is 4.07. The highest BCUT2D eigenvalue weighted by Crippen LogP contribution is 2.40. The molecule has 0 radical (unpaired) electrons. The Bertz CT molecular complexity index is 944. The van der Waals surface area contributed by atoms with Gasteiger partial charge in [-0.25, -0.2) is 9.59 Å². The van der Waals surface area contributed by atoms with Gasteiger partial charge in [-0.15, -0.1) is 4.48 Å². The van der Waals surface area contributed by atoms with Crippen molar-refractivity contribution in [2.75, 3.05) is 0 Å². The van der Waals surface area contributed by atoms with Crippen LogP contribution in [-0.4, -0.2) is 35.3 Å². The minimum absolute atomic E-state index is 0.0594. The number of alkyl carbamates (subject to hydrolysis) is 1. The van der Waals surface area contributed by atoms with Crippen molar-refractivity contribution >= 4 is 23.8 Å². The first kappa shape index (κ1) is 21.5. The van der Waals surface area contributed by atoms with Crippen molar-refractivity contribution in [2.24, 2.45) is 5.92 Å². The maximum atomic E-state index is 13.7. The SMILES string of the molecule is CC(C)[C@H](NC(=O)OCc1ccccc1)C(=O)[N@@+]1(C(=O)O)c2ccccc2CC1C. The van der Waals surface area contributed by atoms with E-state index in [2.05, 4.69) is 5.32 Å². The number of para-hydroxylation sites is 1. The van der Waals surface area contributed by atoms with Crippen LogP contribution in [-0.2, 0) is 22.6 Å². The van der Waals surface area contributed by atoms with E-state index in [0.717, 1.165) is 11.1 Å². The number of amides is 3. The second-order valence-electron chi connectivity index (χ2n) is 7.95. The molecule has 0 saturated heterocycles. The Balaban J connectivity index is 1.85. The van der Waals surface area contributed by atoms with Crippen molar-refractivity contribution < 1.29 is 24.2 Å². The molecule has 0 bridgehead atoms. The van der Waals surface area contributed by atoms with E-state index in [9.17, 15) is 19.5 Å².